The minimum atomic E-state index is -0.0572. The van der Waals surface area contributed by atoms with Gasteiger partial charge >= 0.3 is 0 Å². The molecule has 0 bridgehead atoms. The van der Waals surface area contributed by atoms with Gasteiger partial charge in [0, 0.05) is 12.1 Å². The van der Waals surface area contributed by atoms with Crippen LogP contribution in [0.25, 0.3) is 6.08 Å². The van der Waals surface area contributed by atoms with Crippen molar-refractivity contribution in [2.75, 3.05) is 6.61 Å². The van der Waals surface area contributed by atoms with Crippen molar-refractivity contribution in [2.45, 2.75) is 33.2 Å². The van der Waals surface area contributed by atoms with Gasteiger partial charge in [0.25, 0.3) is 0 Å². The van der Waals surface area contributed by atoms with Gasteiger partial charge in [0.15, 0.2) is 0 Å². The summed E-state index contributed by atoms with van der Waals surface area (Å²) in [6.07, 6.45) is 4.29. The normalized spacial score (nSPS) is 12.4. The lowest BCUT2D eigenvalue weighted by atomic mass is 10.2. The number of hydrogen-bond donors (Lipinski definition) is 1. The number of amides is 1. The van der Waals surface area contributed by atoms with Gasteiger partial charge in [-0.1, -0.05) is 19.1 Å². The van der Waals surface area contributed by atoms with Crippen molar-refractivity contribution in [3.63, 3.8) is 0 Å². The molecule has 1 amide bonds. The molecule has 0 saturated carbocycles. The Balaban J connectivity index is 2.53. The minimum Gasteiger partial charge on any atom is -0.494 e. The molecule has 98 valence electrons. The van der Waals surface area contributed by atoms with Gasteiger partial charge in [-0.15, -0.1) is 0 Å². The Labute approximate surface area is 109 Å². The van der Waals surface area contributed by atoms with Gasteiger partial charge < -0.3 is 10.1 Å². The highest BCUT2D eigenvalue weighted by Crippen LogP contribution is 2.12. The van der Waals surface area contributed by atoms with Gasteiger partial charge in [-0.25, -0.2) is 0 Å². The molecule has 1 rings (SSSR count). The number of nitrogens with one attached hydrogen (secondary N) is 1. The molecule has 3 heteroatoms. The van der Waals surface area contributed by atoms with Crippen LogP contribution in [0.4, 0.5) is 0 Å². The van der Waals surface area contributed by atoms with Crippen LogP contribution >= 0.6 is 0 Å². The van der Waals surface area contributed by atoms with Crippen LogP contribution in [0.15, 0.2) is 30.3 Å². The molecule has 1 aromatic carbocycles. The van der Waals surface area contributed by atoms with E-state index in [0.717, 1.165) is 17.7 Å². The van der Waals surface area contributed by atoms with Gasteiger partial charge in [-0.3, -0.25) is 4.79 Å². The molecule has 0 aliphatic carbocycles. The Kier molecular flexibility index (Phi) is 5.98. The minimum absolute atomic E-state index is 0.0572. The molecule has 1 atom stereocenters. The van der Waals surface area contributed by atoms with Crippen LogP contribution in [-0.2, 0) is 4.79 Å². The van der Waals surface area contributed by atoms with E-state index in [4.69, 9.17) is 4.74 Å². The van der Waals surface area contributed by atoms with E-state index in [9.17, 15) is 4.79 Å². The Morgan fingerprint density at radius 2 is 2.00 bits per heavy atom. The second-order valence-corrected chi connectivity index (χ2v) is 4.15. The molecular weight excluding hydrogens is 226 g/mol. The third kappa shape index (κ3) is 5.04. The number of carbonyl (C=O) groups is 1. The quantitative estimate of drug-likeness (QED) is 0.785. The molecule has 1 aromatic rings. The summed E-state index contributed by atoms with van der Waals surface area (Å²) in [7, 11) is 0. The van der Waals surface area contributed by atoms with Crippen LogP contribution in [0.3, 0.4) is 0 Å². The second kappa shape index (κ2) is 7.54. The van der Waals surface area contributed by atoms with E-state index >= 15 is 0 Å². The number of ether oxygens (including phenoxy) is 1. The molecule has 0 fully saturated rings. The molecule has 18 heavy (non-hydrogen) atoms. The van der Waals surface area contributed by atoms with Gasteiger partial charge in [-0.05, 0) is 44.0 Å². The van der Waals surface area contributed by atoms with Crippen molar-refractivity contribution in [3.8, 4) is 5.75 Å². The van der Waals surface area contributed by atoms with E-state index in [1.807, 2.05) is 45.0 Å². The monoisotopic (exact) mass is 247 g/mol. The molecule has 0 heterocycles. The standard InChI is InChI=1S/C15H21NO2/c1-4-12(3)16-15(17)11-8-13-6-9-14(10-7-13)18-5-2/h6-12H,4-5H2,1-3H3,(H,16,17)/b11-8-/t12-/m0/s1. The topological polar surface area (TPSA) is 38.3 Å². The zero-order valence-electron chi connectivity index (χ0n) is 11.3. The van der Waals surface area contributed by atoms with E-state index in [1.54, 1.807) is 12.2 Å². The largest absolute Gasteiger partial charge is 0.494 e. The van der Waals surface area contributed by atoms with Gasteiger partial charge in [0.2, 0.25) is 5.91 Å². The molecular formula is C15H21NO2. The lowest BCUT2D eigenvalue weighted by Gasteiger charge is -2.08. The second-order valence-electron chi connectivity index (χ2n) is 4.15. The first kappa shape index (κ1) is 14.3. The van der Waals surface area contributed by atoms with E-state index in [1.165, 1.54) is 0 Å². The Morgan fingerprint density at radius 1 is 1.33 bits per heavy atom. The highest BCUT2D eigenvalue weighted by Gasteiger charge is 2.00. The van der Waals surface area contributed by atoms with Crippen molar-refractivity contribution in [2.24, 2.45) is 0 Å². The van der Waals surface area contributed by atoms with Crippen LogP contribution in [0.5, 0.6) is 5.75 Å². The van der Waals surface area contributed by atoms with Crippen molar-refractivity contribution < 1.29 is 9.53 Å². The SMILES string of the molecule is CCOc1ccc(/C=C\C(=O)N[C@@H](C)CC)cc1. The fourth-order valence-electron chi connectivity index (χ4n) is 1.41. The van der Waals surface area contributed by atoms with E-state index in [0.29, 0.717) is 6.61 Å². The van der Waals surface area contributed by atoms with E-state index in [2.05, 4.69) is 5.32 Å². The van der Waals surface area contributed by atoms with Crippen LogP contribution < -0.4 is 10.1 Å². The first-order chi connectivity index (χ1) is 8.65. The lowest BCUT2D eigenvalue weighted by molar-refractivity contribution is -0.117. The maximum absolute atomic E-state index is 11.5. The van der Waals surface area contributed by atoms with Gasteiger partial charge in [0.1, 0.15) is 5.75 Å². The van der Waals surface area contributed by atoms with E-state index in [-0.39, 0.29) is 11.9 Å². The summed E-state index contributed by atoms with van der Waals surface area (Å²) < 4.78 is 5.35. The van der Waals surface area contributed by atoms with Crippen molar-refractivity contribution in [1.82, 2.24) is 5.32 Å². The predicted molar refractivity (Wildman–Crippen MR) is 74.5 cm³/mol. The smallest absolute Gasteiger partial charge is 0.244 e. The van der Waals surface area contributed by atoms with Crippen molar-refractivity contribution >= 4 is 12.0 Å². The van der Waals surface area contributed by atoms with Crippen LogP contribution in [-0.4, -0.2) is 18.6 Å². The summed E-state index contributed by atoms with van der Waals surface area (Å²) in [6.45, 7) is 6.64. The maximum Gasteiger partial charge on any atom is 0.244 e. The Morgan fingerprint density at radius 3 is 2.56 bits per heavy atom. The zero-order chi connectivity index (χ0) is 13.4. The molecule has 0 spiro atoms. The first-order valence-electron chi connectivity index (χ1n) is 6.37. The van der Waals surface area contributed by atoms with E-state index < -0.39 is 0 Å². The number of benzene rings is 1. The molecule has 0 aliphatic heterocycles. The fraction of sp³-hybridized carbons (Fsp3) is 0.400. The van der Waals surface area contributed by atoms with Crippen molar-refractivity contribution in [3.05, 3.63) is 35.9 Å². The highest BCUT2D eigenvalue weighted by atomic mass is 16.5. The fourth-order valence-corrected chi connectivity index (χ4v) is 1.41. The summed E-state index contributed by atoms with van der Waals surface area (Å²) in [5, 5.41) is 2.88. The molecule has 0 unspecified atom stereocenters. The average Bonchev–Trinajstić information content (AvgIpc) is 2.38. The summed E-state index contributed by atoms with van der Waals surface area (Å²) in [4.78, 5) is 11.5. The van der Waals surface area contributed by atoms with Crippen LogP contribution in [0, 0.1) is 0 Å². The molecule has 0 saturated heterocycles. The van der Waals surface area contributed by atoms with Gasteiger partial charge in [-0.2, -0.15) is 0 Å². The number of hydrogen-bond acceptors (Lipinski definition) is 2. The predicted octanol–water partition coefficient (Wildman–Crippen LogP) is 3.01. The molecule has 0 aromatic heterocycles. The van der Waals surface area contributed by atoms with Crippen LogP contribution in [0.2, 0.25) is 0 Å². The zero-order valence-corrected chi connectivity index (χ0v) is 11.3. The maximum atomic E-state index is 11.5. The molecule has 1 N–H and O–H groups in total. The third-order valence-corrected chi connectivity index (χ3v) is 2.62. The Bertz CT molecular complexity index is 395. The Hall–Kier alpha value is -1.77. The third-order valence-electron chi connectivity index (χ3n) is 2.62. The summed E-state index contributed by atoms with van der Waals surface area (Å²) in [5.74, 6) is 0.789. The highest BCUT2D eigenvalue weighted by molar-refractivity contribution is 5.91. The lowest BCUT2D eigenvalue weighted by Crippen LogP contribution is -2.30. The molecule has 0 aliphatic rings. The first-order valence-corrected chi connectivity index (χ1v) is 6.37. The number of rotatable bonds is 6. The molecule has 3 nitrogen and oxygen atoms in total. The average molecular weight is 247 g/mol. The van der Waals surface area contributed by atoms with Gasteiger partial charge in [0.05, 0.1) is 6.61 Å². The summed E-state index contributed by atoms with van der Waals surface area (Å²) >= 11 is 0. The summed E-state index contributed by atoms with van der Waals surface area (Å²) in [5.41, 5.74) is 0.984. The number of carbonyl (C=O) groups excluding carboxylic acids is 1. The summed E-state index contributed by atoms with van der Waals surface area (Å²) in [6, 6.07) is 7.86. The van der Waals surface area contributed by atoms with Crippen molar-refractivity contribution in [1.29, 1.82) is 0 Å². The van der Waals surface area contributed by atoms with Crippen LogP contribution in [0.1, 0.15) is 32.8 Å². The molecule has 0 radical (unpaired) electrons.